The molecule has 0 rings (SSSR count). The normalized spacial score (nSPS) is 14.2. The summed E-state index contributed by atoms with van der Waals surface area (Å²) in [5, 5.41) is 2.54. The number of amides is 1. The van der Waals surface area contributed by atoms with E-state index in [9.17, 15) is 9.59 Å². The fraction of sp³-hybridized carbons (Fsp3) is 0.714. The first-order chi connectivity index (χ1) is 8.71. The number of ether oxygens (including phenoxy) is 2. The Bertz CT molecular complexity index is 320. The van der Waals surface area contributed by atoms with E-state index in [0.717, 1.165) is 6.42 Å². The van der Waals surface area contributed by atoms with Gasteiger partial charge in [-0.3, -0.25) is 0 Å². The number of nitrogens with one attached hydrogen (secondary N) is 1. The van der Waals surface area contributed by atoms with Crippen molar-refractivity contribution in [2.24, 2.45) is 5.92 Å². The van der Waals surface area contributed by atoms with E-state index < -0.39 is 23.7 Å². The number of esters is 1. The van der Waals surface area contributed by atoms with E-state index in [0.29, 0.717) is 0 Å². The van der Waals surface area contributed by atoms with Crippen LogP contribution in [-0.4, -0.2) is 30.3 Å². The zero-order chi connectivity index (χ0) is 15.1. The molecule has 0 fully saturated rings. The molecule has 0 aromatic heterocycles. The average Bonchev–Trinajstić information content (AvgIpc) is 2.30. The van der Waals surface area contributed by atoms with E-state index in [1.807, 2.05) is 13.8 Å². The first-order valence-electron chi connectivity index (χ1n) is 6.48. The van der Waals surface area contributed by atoms with Crippen LogP contribution >= 0.6 is 0 Å². The Balaban J connectivity index is 4.67. The Hall–Kier alpha value is -1.52. The van der Waals surface area contributed by atoms with Crippen LogP contribution in [-0.2, 0) is 14.3 Å². The van der Waals surface area contributed by atoms with E-state index in [2.05, 4.69) is 11.9 Å². The Labute approximate surface area is 115 Å². The summed E-state index contributed by atoms with van der Waals surface area (Å²) in [6.07, 6.45) is 1.56. The number of carbonyl (C=O) groups excluding carboxylic acids is 2. The molecule has 1 amide bonds. The van der Waals surface area contributed by atoms with Crippen LogP contribution in [0.2, 0.25) is 0 Å². The molecule has 2 atom stereocenters. The summed E-state index contributed by atoms with van der Waals surface area (Å²) >= 11 is 0. The molecule has 0 unspecified atom stereocenters. The average molecular weight is 271 g/mol. The Kier molecular flexibility index (Phi) is 7.19. The standard InChI is InChI=1S/C14H25NO4/c1-7-9-18-13(17)15-11(10(3)8-2)12(16)19-14(4,5)6/h7,10-11H,1,8-9H2,2-6H3,(H,15,17)/t10-,11-/m0/s1. The van der Waals surface area contributed by atoms with E-state index in [1.54, 1.807) is 20.8 Å². The van der Waals surface area contributed by atoms with Gasteiger partial charge in [-0.2, -0.15) is 0 Å². The highest BCUT2D eigenvalue weighted by Gasteiger charge is 2.30. The lowest BCUT2D eigenvalue weighted by molar-refractivity contribution is -0.158. The third-order valence-electron chi connectivity index (χ3n) is 2.48. The minimum Gasteiger partial charge on any atom is -0.458 e. The van der Waals surface area contributed by atoms with Crippen LogP contribution in [0.25, 0.3) is 0 Å². The monoisotopic (exact) mass is 271 g/mol. The molecule has 5 heteroatoms. The molecule has 110 valence electrons. The lowest BCUT2D eigenvalue weighted by Gasteiger charge is -2.27. The Morgan fingerprint density at radius 3 is 2.37 bits per heavy atom. The number of carbonyl (C=O) groups is 2. The summed E-state index contributed by atoms with van der Waals surface area (Å²) in [5.41, 5.74) is -0.588. The molecule has 19 heavy (non-hydrogen) atoms. The second-order valence-electron chi connectivity index (χ2n) is 5.43. The fourth-order valence-corrected chi connectivity index (χ4v) is 1.34. The molecule has 0 aromatic carbocycles. The highest BCUT2D eigenvalue weighted by Crippen LogP contribution is 2.14. The number of hydrogen-bond acceptors (Lipinski definition) is 4. The summed E-state index contributed by atoms with van der Waals surface area (Å²) in [6, 6.07) is -0.707. The topological polar surface area (TPSA) is 64.6 Å². The van der Waals surface area contributed by atoms with Gasteiger partial charge >= 0.3 is 12.1 Å². The smallest absolute Gasteiger partial charge is 0.408 e. The molecule has 5 nitrogen and oxygen atoms in total. The van der Waals surface area contributed by atoms with Crippen LogP contribution in [0.3, 0.4) is 0 Å². The molecule has 0 spiro atoms. The molecule has 0 saturated heterocycles. The molecule has 0 aromatic rings. The second kappa shape index (κ2) is 7.81. The molecule has 1 N–H and O–H groups in total. The van der Waals surface area contributed by atoms with Gasteiger partial charge in [-0.1, -0.05) is 32.9 Å². The van der Waals surface area contributed by atoms with Crippen molar-refractivity contribution in [2.75, 3.05) is 6.61 Å². The van der Waals surface area contributed by atoms with Crippen molar-refractivity contribution >= 4 is 12.1 Å². The minimum atomic E-state index is -0.707. The molecular weight excluding hydrogens is 246 g/mol. The van der Waals surface area contributed by atoms with Gasteiger partial charge in [0.25, 0.3) is 0 Å². The predicted octanol–water partition coefficient (Wildman–Crippen LogP) is 2.66. The number of rotatable bonds is 6. The molecule has 0 aliphatic carbocycles. The minimum absolute atomic E-state index is 0.0360. The van der Waals surface area contributed by atoms with Gasteiger partial charge in [-0.25, -0.2) is 9.59 Å². The van der Waals surface area contributed by atoms with Gasteiger partial charge in [0.05, 0.1) is 0 Å². The van der Waals surface area contributed by atoms with Crippen molar-refractivity contribution < 1.29 is 19.1 Å². The lowest BCUT2D eigenvalue weighted by Crippen LogP contribution is -2.48. The molecular formula is C14H25NO4. The van der Waals surface area contributed by atoms with Gasteiger partial charge in [-0.05, 0) is 26.7 Å². The van der Waals surface area contributed by atoms with Gasteiger partial charge in [0.2, 0.25) is 0 Å². The molecule has 0 bridgehead atoms. The van der Waals surface area contributed by atoms with Gasteiger partial charge in [0.1, 0.15) is 18.2 Å². The molecule has 0 heterocycles. The fourth-order valence-electron chi connectivity index (χ4n) is 1.34. The summed E-state index contributed by atoms with van der Waals surface area (Å²) in [4.78, 5) is 23.6. The van der Waals surface area contributed by atoms with Crippen LogP contribution in [0.5, 0.6) is 0 Å². The highest BCUT2D eigenvalue weighted by atomic mass is 16.6. The highest BCUT2D eigenvalue weighted by molar-refractivity contribution is 5.81. The molecule has 0 saturated carbocycles. The van der Waals surface area contributed by atoms with Crippen LogP contribution in [0.4, 0.5) is 4.79 Å². The molecule has 0 radical (unpaired) electrons. The van der Waals surface area contributed by atoms with E-state index in [-0.39, 0.29) is 12.5 Å². The first-order valence-corrected chi connectivity index (χ1v) is 6.48. The summed E-state index contributed by atoms with van der Waals surface area (Å²) in [6.45, 7) is 12.7. The Morgan fingerprint density at radius 2 is 1.95 bits per heavy atom. The maximum absolute atomic E-state index is 12.1. The van der Waals surface area contributed by atoms with Crippen molar-refractivity contribution in [3.05, 3.63) is 12.7 Å². The quantitative estimate of drug-likeness (QED) is 0.596. The largest absolute Gasteiger partial charge is 0.458 e. The van der Waals surface area contributed by atoms with Gasteiger partial charge in [-0.15, -0.1) is 0 Å². The van der Waals surface area contributed by atoms with Gasteiger partial charge in [0.15, 0.2) is 0 Å². The second-order valence-corrected chi connectivity index (χ2v) is 5.43. The van der Waals surface area contributed by atoms with E-state index in [4.69, 9.17) is 9.47 Å². The maximum atomic E-state index is 12.1. The first kappa shape index (κ1) is 17.5. The van der Waals surface area contributed by atoms with Crippen molar-refractivity contribution in [2.45, 2.75) is 52.7 Å². The van der Waals surface area contributed by atoms with Crippen molar-refractivity contribution in [3.63, 3.8) is 0 Å². The van der Waals surface area contributed by atoms with Crippen molar-refractivity contribution in [1.82, 2.24) is 5.32 Å². The van der Waals surface area contributed by atoms with Crippen LogP contribution in [0.15, 0.2) is 12.7 Å². The molecule has 0 aliphatic heterocycles. The van der Waals surface area contributed by atoms with Crippen molar-refractivity contribution in [1.29, 1.82) is 0 Å². The SMILES string of the molecule is C=CCOC(=O)N[C@H](C(=O)OC(C)(C)C)[C@@H](C)CC. The predicted molar refractivity (Wildman–Crippen MR) is 73.8 cm³/mol. The number of hydrogen-bond donors (Lipinski definition) is 1. The lowest BCUT2D eigenvalue weighted by atomic mass is 9.99. The van der Waals surface area contributed by atoms with Gasteiger partial charge in [0, 0.05) is 0 Å². The van der Waals surface area contributed by atoms with Crippen LogP contribution in [0.1, 0.15) is 41.0 Å². The van der Waals surface area contributed by atoms with E-state index in [1.165, 1.54) is 6.08 Å². The third-order valence-corrected chi connectivity index (χ3v) is 2.48. The zero-order valence-corrected chi connectivity index (χ0v) is 12.5. The van der Waals surface area contributed by atoms with Crippen LogP contribution in [0, 0.1) is 5.92 Å². The number of alkyl carbamates (subject to hydrolysis) is 1. The zero-order valence-electron chi connectivity index (χ0n) is 12.5. The van der Waals surface area contributed by atoms with Crippen LogP contribution < -0.4 is 5.32 Å². The summed E-state index contributed by atoms with van der Waals surface area (Å²) < 4.78 is 10.1. The Morgan fingerprint density at radius 1 is 1.37 bits per heavy atom. The van der Waals surface area contributed by atoms with Crippen molar-refractivity contribution in [3.8, 4) is 0 Å². The maximum Gasteiger partial charge on any atom is 0.408 e. The molecule has 0 aliphatic rings. The summed E-state index contributed by atoms with van der Waals surface area (Å²) in [5.74, 6) is -0.483. The summed E-state index contributed by atoms with van der Waals surface area (Å²) in [7, 11) is 0. The van der Waals surface area contributed by atoms with E-state index >= 15 is 0 Å². The third kappa shape index (κ3) is 7.49. The van der Waals surface area contributed by atoms with Gasteiger partial charge < -0.3 is 14.8 Å².